The molecule has 0 amide bonds. The Kier molecular flexibility index (Phi) is 4.07. The SMILES string of the molecule is CCNS(=O)(=O)N(C)CC1(O)CCNC1. The first-order valence-electron chi connectivity index (χ1n) is 5.04. The van der Waals surface area contributed by atoms with Crippen molar-refractivity contribution in [3.8, 4) is 0 Å². The first-order valence-corrected chi connectivity index (χ1v) is 6.48. The number of nitrogens with zero attached hydrogens (tertiary/aromatic N) is 1. The van der Waals surface area contributed by atoms with Gasteiger partial charge in [-0.2, -0.15) is 12.7 Å². The van der Waals surface area contributed by atoms with E-state index < -0.39 is 15.8 Å². The second kappa shape index (κ2) is 4.75. The van der Waals surface area contributed by atoms with Crippen molar-refractivity contribution in [3.05, 3.63) is 0 Å². The van der Waals surface area contributed by atoms with Crippen LogP contribution in [0.2, 0.25) is 0 Å². The summed E-state index contributed by atoms with van der Waals surface area (Å²) in [5, 5.41) is 13.0. The minimum Gasteiger partial charge on any atom is -0.387 e. The van der Waals surface area contributed by atoms with Gasteiger partial charge in [0.1, 0.15) is 0 Å². The van der Waals surface area contributed by atoms with Crippen LogP contribution in [0.5, 0.6) is 0 Å². The number of rotatable bonds is 5. The van der Waals surface area contributed by atoms with E-state index in [1.807, 2.05) is 0 Å². The van der Waals surface area contributed by atoms with E-state index in [9.17, 15) is 13.5 Å². The summed E-state index contributed by atoms with van der Waals surface area (Å²) in [6.45, 7) is 3.36. The third-order valence-corrected chi connectivity index (χ3v) is 4.08. The molecule has 0 bridgehead atoms. The molecule has 0 saturated carbocycles. The zero-order chi connectivity index (χ0) is 11.5. The molecule has 1 rings (SSSR count). The Labute approximate surface area is 90.8 Å². The van der Waals surface area contributed by atoms with Gasteiger partial charge in [0.25, 0.3) is 10.2 Å². The van der Waals surface area contributed by atoms with Crippen molar-refractivity contribution in [2.24, 2.45) is 0 Å². The number of nitrogens with one attached hydrogen (secondary N) is 2. The summed E-state index contributed by atoms with van der Waals surface area (Å²) in [7, 11) is -1.97. The normalized spacial score (nSPS) is 27.5. The molecule has 1 saturated heterocycles. The van der Waals surface area contributed by atoms with Gasteiger partial charge in [-0.3, -0.25) is 0 Å². The molecular weight excluding hydrogens is 218 g/mol. The quantitative estimate of drug-likeness (QED) is 0.543. The molecule has 1 heterocycles. The van der Waals surface area contributed by atoms with Crippen LogP contribution in [0.25, 0.3) is 0 Å². The van der Waals surface area contributed by atoms with Gasteiger partial charge in [-0.25, -0.2) is 4.72 Å². The van der Waals surface area contributed by atoms with E-state index in [0.717, 1.165) is 10.8 Å². The lowest BCUT2D eigenvalue weighted by molar-refractivity contribution is 0.0460. The minimum absolute atomic E-state index is 0.120. The van der Waals surface area contributed by atoms with E-state index in [-0.39, 0.29) is 6.54 Å². The van der Waals surface area contributed by atoms with Crippen LogP contribution in [0, 0.1) is 0 Å². The van der Waals surface area contributed by atoms with Crippen LogP contribution >= 0.6 is 0 Å². The van der Waals surface area contributed by atoms with Crippen LogP contribution < -0.4 is 10.0 Å². The molecule has 1 atom stereocenters. The standard InChI is InChI=1S/C8H19N3O3S/c1-3-10-15(13,14)11(2)7-8(12)4-5-9-6-8/h9-10,12H,3-7H2,1-2H3. The third-order valence-electron chi connectivity index (χ3n) is 2.48. The van der Waals surface area contributed by atoms with Gasteiger partial charge in [-0.1, -0.05) is 6.92 Å². The van der Waals surface area contributed by atoms with E-state index in [4.69, 9.17) is 0 Å². The first-order chi connectivity index (χ1) is 6.90. The lowest BCUT2D eigenvalue weighted by Crippen LogP contribution is -2.48. The average molecular weight is 237 g/mol. The molecule has 0 aromatic heterocycles. The number of likely N-dealkylation sites (N-methyl/N-ethyl adjacent to an activating group) is 1. The maximum absolute atomic E-state index is 11.5. The Morgan fingerprint density at radius 2 is 2.27 bits per heavy atom. The molecule has 0 aromatic rings. The molecule has 1 aliphatic rings. The van der Waals surface area contributed by atoms with Gasteiger partial charge in [0.2, 0.25) is 0 Å². The van der Waals surface area contributed by atoms with Gasteiger partial charge in [0, 0.05) is 26.7 Å². The van der Waals surface area contributed by atoms with E-state index in [1.165, 1.54) is 7.05 Å². The number of aliphatic hydroxyl groups is 1. The maximum atomic E-state index is 11.5. The second-order valence-corrected chi connectivity index (χ2v) is 5.77. The average Bonchev–Trinajstić information content (AvgIpc) is 2.51. The molecule has 6 nitrogen and oxygen atoms in total. The van der Waals surface area contributed by atoms with Crippen LogP contribution in [0.1, 0.15) is 13.3 Å². The summed E-state index contributed by atoms with van der Waals surface area (Å²) in [5.41, 5.74) is -0.933. The van der Waals surface area contributed by atoms with Gasteiger partial charge >= 0.3 is 0 Å². The largest absolute Gasteiger partial charge is 0.387 e. The molecule has 1 unspecified atom stereocenters. The molecular formula is C8H19N3O3S. The summed E-state index contributed by atoms with van der Waals surface area (Å²) in [5.74, 6) is 0. The third kappa shape index (κ3) is 3.39. The number of β-amino-alcohol motifs (C(OH)–C–C–N with tert-alkyl or cyclic N) is 1. The zero-order valence-corrected chi connectivity index (χ0v) is 9.97. The molecule has 1 fully saturated rings. The zero-order valence-electron chi connectivity index (χ0n) is 9.15. The minimum atomic E-state index is -3.44. The smallest absolute Gasteiger partial charge is 0.279 e. The van der Waals surface area contributed by atoms with Crippen molar-refractivity contribution in [2.45, 2.75) is 18.9 Å². The van der Waals surface area contributed by atoms with E-state index in [0.29, 0.717) is 19.5 Å². The van der Waals surface area contributed by atoms with E-state index in [1.54, 1.807) is 6.92 Å². The van der Waals surface area contributed by atoms with Gasteiger partial charge in [-0.15, -0.1) is 0 Å². The summed E-state index contributed by atoms with van der Waals surface area (Å²) < 4.78 is 26.6. The second-order valence-electron chi connectivity index (χ2n) is 3.91. The number of hydrogen-bond acceptors (Lipinski definition) is 4. The Hall–Kier alpha value is -0.210. The van der Waals surface area contributed by atoms with Crippen molar-refractivity contribution in [3.63, 3.8) is 0 Å². The summed E-state index contributed by atoms with van der Waals surface area (Å²) in [4.78, 5) is 0. The monoisotopic (exact) mass is 237 g/mol. The summed E-state index contributed by atoms with van der Waals surface area (Å²) in [6.07, 6.45) is 0.582. The van der Waals surface area contributed by atoms with Crippen molar-refractivity contribution in [2.75, 3.05) is 33.2 Å². The fourth-order valence-corrected chi connectivity index (χ4v) is 2.65. The van der Waals surface area contributed by atoms with E-state index in [2.05, 4.69) is 10.0 Å². The molecule has 0 aliphatic carbocycles. The fraction of sp³-hybridized carbons (Fsp3) is 1.00. The fourth-order valence-electron chi connectivity index (χ4n) is 1.66. The molecule has 0 spiro atoms. The molecule has 0 aromatic carbocycles. The molecule has 15 heavy (non-hydrogen) atoms. The molecule has 90 valence electrons. The Balaban J connectivity index is 2.58. The predicted molar refractivity (Wildman–Crippen MR) is 57.7 cm³/mol. The Morgan fingerprint density at radius 1 is 1.60 bits per heavy atom. The Bertz CT molecular complexity index is 298. The van der Waals surface area contributed by atoms with Crippen LogP contribution in [0.15, 0.2) is 0 Å². The van der Waals surface area contributed by atoms with Crippen molar-refractivity contribution in [1.82, 2.24) is 14.3 Å². The van der Waals surface area contributed by atoms with Gasteiger partial charge < -0.3 is 10.4 Å². The van der Waals surface area contributed by atoms with Crippen molar-refractivity contribution >= 4 is 10.2 Å². The highest BCUT2D eigenvalue weighted by Gasteiger charge is 2.35. The van der Waals surface area contributed by atoms with Crippen molar-refractivity contribution < 1.29 is 13.5 Å². The van der Waals surface area contributed by atoms with Crippen LogP contribution in [-0.2, 0) is 10.2 Å². The highest BCUT2D eigenvalue weighted by Crippen LogP contribution is 2.16. The molecule has 7 heteroatoms. The van der Waals surface area contributed by atoms with Crippen LogP contribution in [0.3, 0.4) is 0 Å². The lowest BCUT2D eigenvalue weighted by Gasteiger charge is -2.27. The molecule has 0 radical (unpaired) electrons. The Morgan fingerprint density at radius 3 is 2.73 bits per heavy atom. The maximum Gasteiger partial charge on any atom is 0.279 e. The summed E-state index contributed by atoms with van der Waals surface area (Å²) >= 11 is 0. The number of hydrogen-bond donors (Lipinski definition) is 3. The summed E-state index contributed by atoms with van der Waals surface area (Å²) in [6, 6.07) is 0. The highest BCUT2D eigenvalue weighted by molar-refractivity contribution is 7.87. The topological polar surface area (TPSA) is 81.7 Å². The predicted octanol–water partition coefficient (Wildman–Crippen LogP) is -1.50. The lowest BCUT2D eigenvalue weighted by atomic mass is 10.0. The highest BCUT2D eigenvalue weighted by atomic mass is 32.2. The van der Waals surface area contributed by atoms with Gasteiger partial charge in [0.15, 0.2) is 0 Å². The first kappa shape index (κ1) is 12.9. The van der Waals surface area contributed by atoms with Crippen molar-refractivity contribution in [1.29, 1.82) is 0 Å². The molecule has 1 aliphatic heterocycles. The molecule has 3 N–H and O–H groups in total. The van der Waals surface area contributed by atoms with Gasteiger partial charge in [-0.05, 0) is 13.0 Å². The van der Waals surface area contributed by atoms with Crippen LogP contribution in [0.4, 0.5) is 0 Å². The van der Waals surface area contributed by atoms with Crippen LogP contribution in [-0.4, -0.2) is 56.7 Å². The van der Waals surface area contributed by atoms with Gasteiger partial charge in [0.05, 0.1) is 5.60 Å². The van der Waals surface area contributed by atoms with E-state index >= 15 is 0 Å².